The van der Waals surface area contributed by atoms with Crippen molar-refractivity contribution in [1.29, 1.82) is 0 Å². The van der Waals surface area contributed by atoms with E-state index >= 15 is 0 Å². The number of esters is 1. The maximum atomic E-state index is 12.4. The van der Waals surface area contributed by atoms with Crippen molar-refractivity contribution in [1.82, 2.24) is 0 Å². The van der Waals surface area contributed by atoms with Crippen LogP contribution in [0.1, 0.15) is 42.5 Å². The van der Waals surface area contributed by atoms with E-state index in [-0.39, 0.29) is 6.79 Å². The van der Waals surface area contributed by atoms with Gasteiger partial charge in [-0.15, -0.1) is 0 Å². The van der Waals surface area contributed by atoms with Crippen molar-refractivity contribution in [2.24, 2.45) is 0 Å². The lowest BCUT2D eigenvalue weighted by Crippen LogP contribution is -2.19. The Balaban J connectivity index is 1.28. The minimum absolute atomic E-state index is 0.238. The number of carbonyl (C=O) groups is 1. The molecule has 0 bridgehead atoms. The van der Waals surface area contributed by atoms with Crippen LogP contribution in [-0.4, -0.2) is 18.9 Å². The summed E-state index contributed by atoms with van der Waals surface area (Å²) < 4.78 is 16.9. The Bertz CT molecular complexity index is 927. The Morgan fingerprint density at radius 2 is 1.37 bits per heavy atom. The highest BCUT2D eigenvalue weighted by molar-refractivity contribution is 5.91. The number of ether oxygens (including phenoxy) is 3. The fourth-order valence-corrected chi connectivity index (χ4v) is 3.63. The van der Waals surface area contributed by atoms with Gasteiger partial charge in [-0.1, -0.05) is 61.7 Å². The minimum Gasteiger partial charge on any atom is -0.468 e. The SMILES string of the molecule is O=C(Oc1ccc(-c2ccccc2)cc1)c1ccc(OCOC2CCCCC2)cc1. The van der Waals surface area contributed by atoms with Crippen LogP contribution in [-0.2, 0) is 4.74 Å². The standard InChI is InChI=1S/C26H26O4/c27-26(30-25-17-11-21(12-18-25)20-7-3-1-4-8-20)22-13-15-24(16-14-22)29-19-28-23-9-5-2-6-10-23/h1,3-4,7-8,11-18,23H,2,5-6,9-10,19H2. The van der Waals surface area contributed by atoms with Gasteiger partial charge < -0.3 is 14.2 Å². The van der Waals surface area contributed by atoms with Crippen molar-refractivity contribution < 1.29 is 19.0 Å². The first-order chi connectivity index (χ1) is 14.8. The van der Waals surface area contributed by atoms with E-state index in [1.165, 1.54) is 19.3 Å². The summed E-state index contributed by atoms with van der Waals surface area (Å²) in [5.74, 6) is 0.794. The van der Waals surface area contributed by atoms with E-state index in [4.69, 9.17) is 14.2 Å². The van der Waals surface area contributed by atoms with Crippen molar-refractivity contribution in [2.75, 3.05) is 6.79 Å². The molecule has 3 aromatic rings. The van der Waals surface area contributed by atoms with Crippen LogP contribution in [0.4, 0.5) is 0 Å². The molecule has 1 aliphatic rings. The van der Waals surface area contributed by atoms with Gasteiger partial charge in [-0.25, -0.2) is 4.79 Å². The summed E-state index contributed by atoms with van der Waals surface area (Å²) in [6, 6.07) is 24.5. The fraction of sp³-hybridized carbons (Fsp3) is 0.269. The average molecular weight is 402 g/mol. The molecule has 4 nitrogen and oxygen atoms in total. The molecule has 1 fully saturated rings. The van der Waals surface area contributed by atoms with E-state index in [2.05, 4.69) is 0 Å². The lowest BCUT2D eigenvalue weighted by molar-refractivity contribution is -0.0496. The third kappa shape index (κ3) is 5.49. The van der Waals surface area contributed by atoms with E-state index in [9.17, 15) is 4.79 Å². The van der Waals surface area contributed by atoms with Crippen molar-refractivity contribution in [3.63, 3.8) is 0 Å². The van der Waals surface area contributed by atoms with Gasteiger partial charge in [0.05, 0.1) is 11.7 Å². The normalized spacial score (nSPS) is 14.3. The zero-order valence-corrected chi connectivity index (χ0v) is 17.0. The summed E-state index contributed by atoms with van der Waals surface area (Å²) in [6.07, 6.45) is 6.30. The Labute approximate surface area is 177 Å². The monoisotopic (exact) mass is 402 g/mol. The quantitative estimate of drug-likeness (QED) is 0.266. The number of hydrogen-bond donors (Lipinski definition) is 0. The maximum absolute atomic E-state index is 12.4. The third-order valence-corrected chi connectivity index (χ3v) is 5.34. The summed E-state index contributed by atoms with van der Waals surface area (Å²) in [6.45, 7) is 0.238. The number of carbonyl (C=O) groups excluding carboxylic acids is 1. The van der Waals surface area contributed by atoms with Crippen LogP contribution in [0.5, 0.6) is 11.5 Å². The molecule has 0 unspecified atom stereocenters. The zero-order chi connectivity index (χ0) is 20.6. The molecule has 0 atom stereocenters. The van der Waals surface area contributed by atoms with E-state index in [0.717, 1.165) is 24.0 Å². The topological polar surface area (TPSA) is 44.8 Å². The molecule has 1 saturated carbocycles. The smallest absolute Gasteiger partial charge is 0.343 e. The summed E-state index contributed by atoms with van der Waals surface area (Å²) >= 11 is 0. The van der Waals surface area contributed by atoms with Crippen LogP contribution < -0.4 is 9.47 Å². The van der Waals surface area contributed by atoms with Gasteiger partial charge in [-0.2, -0.15) is 0 Å². The number of hydrogen-bond acceptors (Lipinski definition) is 4. The molecule has 3 aromatic carbocycles. The van der Waals surface area contributed by atoms with E-state index in [0.29, 0.717) is 23.2 Å². The first kappa shape index (κ1) is 20.2. The van der Waals surface area contributed by atoms with Crippen molar-refractivity contribution in [2.45, 2.75) is 38.2 Å². The fourth-order valence-electron chi connectivity index (χ4n) is 3.63. The van der Waals surface area contributed by atoms with Gasteiger partial charge in [0.2, 0.25) is 0 Å². The van der Waals surface area contributed by atoms with Crippen LogP contribution in [0, 0.1) is 0 Å². The molecular formula is C26H26O4. The van der Waals surface area contributed by atoms with Gasteiger partial charge >= 0.3 is 5.97 Å². The molecule has 0 aliphatic heterocycles. The van der Waals surface area contributed by atoms with Gasteiger partial charge in [0.25, 0.3) is 0 Å². The summed E-state index contributed by atoms with van der Waals surface area (Å²) in [4.78, 5) is 12.4. The van der Waals surface area contributed by atoms with Crippen LogP contribution in [0.3, 0.4) is 0 Å². The highest BCUT2D eigenvalue weighted by atomic mass is 16.7. The zero-order valence-electron chi connectivity index (χ0n) is 17.0. The second kappa shape index (κ2) is 10.1. The molecule has 0 amide bonds. The van der Waals surface area contributed by atoms with Crippen LogP contribution in [0.25, 0.3) is 11.1 Å². The molecule has 4 rings (SSSR count). The molecule has 4 heteroatoms. The lowest BCUT2D eigenvalue weighted by atomic mass is 9.98. The van der Waals surface area contributed by atoms with Gasteiger partial charge in [0, 0.05) is 0 Å². The van der Waals surface area contributed by atoms with Crippen molar-refractivity contribution in [3.8, 4) is 22.6 Å². The van der Waals surface area contributed by atoms with Crippen LogP contribution in [0.15, 0.2) is 78.9 Å². The third-order valence-electron chi connectivity index (χ3n) is 5.34. The molecule has 30 heavy (non-hydrogen) atoms. The largest absolute Gasteiger partial charge is 0.468 e. The number of rotatable bonds is 7. The van der Waals surface area contributed by atoms with E-state index < -0.39 is 5.97 Å². The second-order valence-corrected chi connectivity index (χ2v) is 7.49. The predicted octanol–water partition coefficient (Wildman–Crippen LogP) is 6.26. The van der Waals surface area contributed by atoms with Gasteiger partial charge in [0.1, 0.15) is 11.5 Å². The highest BCUT2D eigenvalue weighted by Gasteiger charge is 2.14. The lowest BCUT2D eigenvalue weighted by Gasteiger charge is -2.21. The Kier molecular flexibility index (Phi) is 6.78. The minimum atomic E-state index is -0.396. The van der Waals surface area contributed by atoms with Gasteiger partial charge in [-0.3, -0.25) is 0 Å². The maximum Gasteiger partial charge on any atom is 0.343 e. The molecule has 154 valence electrons. The Hall–Kier alpha value is -3.11. The molecule has 1 aliphatic carbocycles. The average Bonchev–Trinajstić information content (AvgIpc) is 2.81. The van der Waals surface area contributed by atoms with Crippen LogP contribution >= 0.6 is 0 Å². The Morgan fingerprint density at radius 3 is 2.07 bits per heavy atom. The summed E-state index contributed by atoms with van der Waals surface area (Å²) in [5.41, 5.74) is 2.67. The molecule has 0 heterocycles. The van der Waals surface area contributed by atoms with Crippen molar-refractivity contribution >= 4 is 5.97 Å². The van der Waals surface area contributed by atoms with E-state index in [1.807, 2.05) is 42.5 Å². The predicted molar refractivity (Wildman–Crippen MR) is 117 cm³/mol. The van der Waals surface area contributed by atoms with Gasteiger partial charge in [0.15, 0.2) is 6.79 Å². The second-order valence-electron chi connectivity index (χ2n) is 7.49. The Morgan fingerprint density at radius 1 is 0.733 bits per heavy atom. The molecule has 0 aromatic heterocycles. The van der Waals surface area contributed by atoms with Crippen LogP contribution in [0.2, 0.25) is 0 Å². The number of benzene rings is 3. The van der Waals surface area contributed by atoms with E-state index in [1.54, 1.807) is 36.4 Å². The first-order valence-corrected chi connectivity index (χ1v) is 10.5. The van der Waals surface area contributed by atoms with Crippen molar-refractivity contribution in [3.05, 3.63) is 84.4 Å². The first-order valence-electron chi connectivity index (χ1n) is 10.5. The highest BCUT2D eigenvalue weighted by Crippen LogP contribution is 2.23. The molecule has 0 saturated heterocycles. The molecule has 0 spiro atoms. The molecule has 0 N–H and O–H groups in total. The summed E-state index contributed by atoms with van der Waals surface area (Å²) in [5, 5.41) is 0. The molecule has 0 radical (unpaired) electrons. The molecular weight excluding hydrogens is 376 g/mol. The van der Waals surface area contributed by atoms with Gasteiger partial charge in [-0.05, 0) is 60.4 Å². The summed E-state index contributed by atoms with van der Waals surface area (Å²) in [7, 11) is 0.